The fraction of sp³-hybridized carbons (Fsp3) is 0.133. The molecule has 0 radical (unpaired) electrons. The van der Waals surface area contributed by atoms with E-state index < -0.39 is 0 Å². The van der Waals surface area contributed by atoms with Crippen LogP contribution in [0.15, 0.2) is 48.7 Å². The highest BCUT2D eigenvalue weighted by atomic mass is 35.5. The maximum Gasteiger partial charge on any atom is 0.138 e. The third-order valence-corrected chi connectivity index (χ3v) is 3.30. The number of rotatable bonds is 4. The summed E-state index contributed by atoms with van der Waals surface area (Å²) in [5, 5.41) is 0.619. The molecule has 102 valence electrons. The Morgan fingerprint density at radius 1 is 1.10 bits per heavy atom. The highest BCUT2D eigenvalue weighted by molar-refractivity contribution is 6.29. The fourth-order valence-corrected chi connectivity index (χ4v) is 2.25. The second-order valence-corrected chi connectivity index (χ2v) is 4.64. The van der Waals surface area contributed by atoms with E-state index in [9.17, 15) is 0 Å². The highest BCUT2D eigenvalue weighted by Crippen LogP contribution is 2.20. The van der Waals surface area contributed by atoms with Crippen molar-refractivity contribution in [2.24, 2.45) is 0 Å². The Hall–Kier alpha value is -2.20. The summed E-state index contributed by atoms with van der Waals surface area (Å²) in [5.74, 6) is 1.57. The van der Waals surface area contributed by atoms with Crippen LogP contribution in [0.4, 0.5) is 0 Å². The molecule has 0 saturated heterocycles. The first-order chi connectivity index (χ1) is 9.78. The predicted octanol–water partition coefficient (Wildman–Crippen LogP) is 3.58. The van der Waals surface area contributed by atoms with Crippen LogP contribution in [0.25, 0.3) is 5.65 Å². The van der Waals surface area contributed by atoms with Gasteiger partial charge in [0.25, 0.3) is 0 Å². The van der Waals surface area contributed by atoms with Crippen molar-refractivity contribution in [2.75, 3.05) is 7.11 Å². The van der Waals surface area contributed by atoms with E-state index >= 15 is 0 Å². The molecular weight excluding hydrogens is 276 g/mol. The first-order valence-electron chi connectivity index (χ1n) is 6.15. The summed E-state index contributed by atoms with van der Waals surface area (Å²) < 4.78 is 12.7. The van der Waals surface area contributed by atoms with Crippen molar-refractivity contribution in [2.45, 2.75) is 6.61 Å². The van der Waals surface area contributed by atoms with Crippen LogP contribution in [0, 0.1) is 0 Å². The molecule has 1 aromatic carbocycles. The number of methoxy groups -OCH3 is 1. The third-order valence-electron chi connectivity index (χ3n) is 3.00. The Morgan fingerprint density at radius 2 is 1.85 bits per heavy atom. The van der Waals surface area contributed by atoms with Crippen LogP contribution in [-0.4, -0.2) is 16.5 Å². The van der Waals surface area contributed by atoms with Crippen molar-refractivity contribution in [3.8, 4) is 11.5 Å². The first-order valence-corrected chi connectivity index (χ1v) is 6.53. The number of pyridine rings is 1. The minimum Gasteiger partial charge on any atom is -0.497 e. The van der Waals surface area contributed by atoms with Crippen molar-refractivity contribution in [1.29, 1.82) is 0 Å². The molecular formula is C15H13ClN2O2. The maximum absolute atomic E-state index is 6.18. The second-order valence-electron chi connectivity index (χ2n) is 4.26. The van der Waals surface area contributed by atoms with E-state index in [-0.39, 0.29) is 0 Å². The van der Waals surface area contributed by atoms with Crippen LogP contribution >= 0.6 is 11.6 Å². The number of hydrogen-bond acceptors (Lipinski definition) is 3. The van der Waals surface area contributed by atoms with Gasteiger partial charge in [0.15, 0.2) is 0 Å². The van der Waals surface area contributed by atoms with E-state index in [0.29, 0.717) is 11.8 Å². The average Bonchev–Trinajstić information content (AvgIpc) is 2.90. The second kappa shape index (κ2) is 5.43. The first kappa shape index (κ1) is 12.8. The number of fused-ring (bicyclic) bond motifs is 1. The lowest BCUT2D eigenvalue weighted by atomic mass is 10.3. The lowest BCUT2D eigenvalue weighted by molar-refractivity contribution is 0.299. The molecule has 3 rings (SSSR count). The van der Waals surface area contributed by atoms with Crippen molar-refractivity contribution >= 4 is 17.2 Å². The Labute approximate surface area is 121 Å². The van der Waals surface area contributed by atoms with Crippen LogP contribution in [0.3, 0.4) is 0 Å². The van der Waals surface area contributed by atoms with Crippen LogP contribution in [0.1, 0.15) is 5.69 Å². The number of halogens is 1. The molecule has 0 spiro atoms. The smallest absolute Gasteiger partial charge is 0.138 e. The van der Waals surface area contributed by atoms with Gasteiger partial charge in [0.1, 0.15) is 28.9 Å². The fourth-order valence-electron chi connectivity index (χ4n) is 1.99. The molecule has 5 heteroatoms. The number of aromatic nitrogens is 2. The zero-order valence-electron chi connectivity index (χ0n) is 10.9. The lowest BCUT2D eigenvalue weighted by Crippen LogP contribution is -2.00. The van der Waals surface area contributed by atoms with Gasteiger partial charge in [-0.3, -0.25) is 4.40 Å². The van der Waals surface area contributed by atoms with Crippen LogP contribution in [0.5, 0.6) is 11.5 Å². The minimum absolute atomic E-state index is 0.400. The van der Waals surface area contributed by atoms with Gasteiger partial charge in [-0.15, -0.1) is 0 Å². The average molecular weight is 289 g/mol. The zero-order valence-corrected chi connectivity index (χ0v) is 11.7. The molecule has 0 aliphatic heterocycles. The van der Waals surface area contributed by atoms with E-state index in [1.165, 1.54) is 0 Å². The number of imidazole rings is 1. The molecule has 0 aliphatic carbocycles. The van der Waals surface area contributed by atoms with Gasteiger partial charge in [-0.25, -0.2) is 4.98 Å². The lowest BCUT2D eigenvalue weighted by Gasteiger charge is -2.07. The summed E-state index contributed by atoms with van der Waals surface area (Å²) in [6.07, 6.45) is 1.77. The van der Waals surface area contributed by atoms with Gasteiger partial charge in [-0.05, 0) is 36.4 Å². The Balaban J connectivity index is 1.79. The van der Waals surface area contributed by atoms with Crippen LogP contribution < -0.4 is 9.47 Å². The minimum atomic E-state index is 0.400. The number of benzene rings is 1. The van der Waals surface area contributed by atoms with Crippen LogP contribution in [0.2, 0.25) is 5.15 Å². The van der Waals surface area contributed by atoms with Gasteiger partial charge < -0.3 is 9.47 Å². The van der Waals surface area contributed by atoms with Crippen molar-refractivity contribution in [3.63, 3.8) is 0 Å². The molecule has 0 N–H and O–H groups in total. The van der Waals surface area contributed by atoms with Gasteiger partial charge in [-0.2, -0.15) is 0 Å². The summed E-state index contributed by atoms with van der Waals surface area (Å²) in [5.41, 5.74) is 1.72. The Bertz CT molecular complexity index is 722. The summed E-state index contributed by atoms with van der Waals surface area (Å²) >= 11 is 6.18. The predicted molar refractivity (Wildman–Crippen MR) is 77.5 cm³/mol. The monoisotopic (exact) mass is 288 g/mol. The quantitative estimate of drug-likeness (QED) is 0.689. The third kappa shape index (κ3) is 2.42. The summed E-state index contributed by atoms with van der Waals surface area (Å²) in [6.45, 7) is 0.400. The van der Waals surface area contributed by atoms with Crippen molar-refractivity contribution < 1.29 is 9.47 Å². The molecule has 4 nitrogen and oxygen atoms in total. The van der Waals surface area contributed by atoms with Crippen LogP contribution in [-0.2, 0) is 6.61 Å². The molecule has 0 atom stereocenters. The maximum atomic E-state index is 6.18. The van der Waals surface area contributed by atoms with Gasteiger partial charge in [0.05, 0.1) is 19.0 Å². The number of ether oxygens (including phenoxy) is 2. The van der Waals surface area contributed by atoms with E-state index in [1.54, 1.807) is 13.3 Å². The summed E-state index contributed by atoms with van der Waals surface area (Å²) in [6, 6.07) is 13.1. The normalized spacial score (nSPS) is 10.7. The van der Waals surface area contributed by atoms with E-state index in [1.807, 2.05) is 46.9 Å². The van der Waals surface area contributed by atoms with Gasteiger partial charge in [0, 0.05) is 0 Å². The summed E-state index contributed by atoms with van der Waals surface area (Å²) in [4.78, 5) is 4.30. The van der Waals surface area contributed by atoms with E-state index in [4.69, 9.17) is 21.1 Å². The van der Waals surface area contributed by atoms with Gasteiger partial charge in [-0.1, -0.05) is 17.7 Å². The number of nitrogens with zero attached hydrogens (tertiary/aromatic N) is 2. The molecule has 0 aliphatic rings. The molecule has 0 saturated carbocycles. The standard InChI is InChI=1S/C15H13ClN2O2/c1-19-12-5-7-13(8-6-12)20-10-11-9-17-15-4-2-3-14(16)18(11)15/h2-9H,10H2,1H3. The molecule has 0 bridgehead atoms. The molecule has 0 unspecified atom stereocenters. The topological polar surface area (TPSA) is 35.8 Å². The van der Waals surface area contributed by atoms with E-state index in [2.05, 4.69) is 4.98 Å². The SMILES string of the molecule is COc1ccc(OCc2cnc3cccc(Cl)n23)cc1. The molecule has 0 fully saturated rings. The number of hydrogen-bond donors (Lipinski definition) is 0. The molecule has 20 heavy (non-hydrogen) atoms. The van der Waals surface area contributed by atoms with Gasteiger partial charge >= 0.3 is 0 Å². The summed E-state index contributed by atoms with van der Waals surface area (Å²) in [7, 11) is 1.64. The van der Waals surface area contributed by atoms with Crippen molar-refractivity contribution in [1.82, 2.24) is 9.38 Å². The molecule has 2 heterocycles. The molecule has 3 aromatic rings. The Kier molecular flexibility index (Phi) is 3.48. The molecule has 2 aromatic heterocycles. The van der Waals surface area contributed by atoms with Gasteiger partial charge in [0.2, 0.25) is 0 Å². The zero-order chi connectivity index (χ0) is 13.9. The molecule has 0 amide bonds. The Morgan fingerprint density at radius 3 is 2.60 bits per heavy atom. The van der Waals surface area contributed by atoms with E-state index in [0.717, 1.165) is 22.8 Å². The highest BCUT2D eigenvalue weighted by Gasteiger charge is 2.06. The van der Waals surface area contributed by atoms with Crippen molar-refractivity contribution in [3.05, 3.63) is 59.5 Å². The largest absolute Gasteiger partial charge is 0.497 e.